The summed E-state index contributed by atoms with van der Waals surface area (Å²) >= 11 is 0. The van der Waals surface area contributed by atoms with Crippen molar-refractivity contribution in [2.24, 2.45) is 0 Å². The molecule has 262 valence electrons. The molecule has 0 saturated carbocycles. The summed E-state index contributed by atoms with van der Waals surface area (Å²) < 4.78 is 62.7. The number of furan rings is 1. The fourth-order valence-electron chi connectivity index (χ4n) is 7.61. The van der Waals surface area contributed by atoms with E-state index in [4.69, 9.17) is 24.9 Å². The molecular formula is C51H32N4O. The van der Waals surface area contributed by atoms with Crippen molar-refractivity contribution in [3.63, 3.8) is 0 Å². The molecule has 3 aromatic heterocycles. The van der Waals surface area contributed by atoms with E-state index < -0.39 is 0 Å². The highest BCUT2D eigenvalue weighted by atomic mass is 16.3. The summed E-state index contributed by atoms with van der Waals surface area (Å²) in [5, 5.41) is 2.22. The first-order chi connectivity index (χ1) is 30.2. The van der Waals surface area contributed by atoms with Gasteiger partial charge in [-0.1, -0.05) is 158 Å². The molecule has 0 atom stereocenters. The van der Waals surface area contributed by atoms with Gasteiger partial charge < -0.3 is 8.98 Å². The summed E-state index contributed by atoms with van der Waals surface area (Å²) in [6.07, 6.45) is 0. The van der Waals surface area contributed by atoms with Crippen LogP contribution in [-0.4, -0.2) is 19.5 Å². The maximum absolute atomic E-state index is 9.59. The molecule has 0 bridgehead atoms. The molecular weight excluding hydrogens is 685 g/mol. The summed E-state index contributed by atoms with van der Waals surface area (Å²) in [6, 6.07) is 49.6. The Balaban J connectivity index is 1.27. The van der Waals surface area contributed by atoms with E-state index in [-0.39, 0.29) is 63.8 Å². The summed E-state index contributed by atoms with van der Waals surface area (Å²) in [7, 11) is 0. The molecule has 0 aliphatic carbocycles. The Kier molecular flexibility index (Phi) is 6.10. The first-order valence-electron chi connectivity index (χ1n) is 21.3. The van der Waals surface area contributed by atoms with Gasteiger partial charge in [-0.15, -0.1) is 0 Å². The summed E-state index contributed by atoms with van der Waals surface area (Å²) in [5.74, 6) is 1.32. The lowest BCUT2D eigenvalue weighted by atomic mass is 9.97. The molecule has 3 heterocycles. The number of para-hydroxylation sites is 3. The molecule has 0 aliphatic rings. The SMILES string of the molecule is [2H]c1cc([2H])c2oc3c(-c4cc(-c5nc(-c6ccccc6)nc(-c6ccccc6)n5)ccc4-n4c5ccccc5c5ccc(-c6ccccc6)cc54)c([2H])c([2H])c([2H])c3c2c1[2H]. The molecule has 0 N–H and O–H groups in total. The normalized spacial score (nSPS) is 13.1. The third kappa shape index (κ3) is 5.29. The van der Waals surface area contributed by atoms with Crippen LogP contribution in [0.5, 0.6) is 0 Å². The van der Waals surface area contributed by atoms with Crippen molar-refractivity contribution in [1.29, 1.82) is 0 Å². The Morgan fingerprint density at radius 2 is 1.02 bits per heavy atom. The maximum atomic E-state index is 9.59. The molecule has 5 nitrogen and oxygen atoms in total. The second-order valence-corrected chi connectivity index (χ2v) is 13.5. The van der Waals surface area contributed by atoms with Crippen LogP contribution in [-0.2, 0) is 0 Å². The van der Waals surface area contributed by atoms with E-state index in [1.54, 1.807) is 0 Å². The standard InChI is InChI=1S/C51H32N4O/c1-4-15-33(16-5-1)36-27-29-39-38-21-10-12-25-44(38)55(46(39)32-36)45-30-28-37(31-43(45)42-24-14-23-41-40-22-11-13-26-47(40)56-48(41)42)51-53-49(34-17-6-2-7-18-34)52-50(54-51)35-19-8-3-9-20-35/h1-32H/i11D,14D,22D,23D,24D,26D. The van der Waals surface area contributed by atoms with Crippen molar-refractivity contribution in [2.75, 3.05) is 0 Å². The van der Waals surface area contributed by atoms with E-state index in [0.29, 0.717) is 34.3 Å². The molecule has 11 rings (SSSR count). The van der Waals surface area contributed by atoms with Gasteiger partial charge in [-0.05, 0) is 47.5 Å². The van der Waals surface area contributed by atoms with Gasteiger partial charge in [-0.2, -0.15) is 0 Å². The summed E-state index contributed by atoms with van der Waals surface area (Å²) in [6.45, 7) is 0. The average molecular weight is 723 g/mol. The van der Waals surface area contributed by atoms with Crippen LogP contribution in [0, 0.1) is 0 Å². The molecule has 0 aliphatic heterocycles. The van der Waals surface area contributed by atoms with Gasteiger partial charge in [0.15, 0.2) is 17.5 Å². The number of hydrogen-bond donors (Lipinski definition) is 0. The van der Waals surface area contributed by atoms with Crippen LogP contribution in [0.3, 0.4) is 0 Å². The van der Waals surface area contributed by atoms with Crippen LogP contribution >= 0.6 is 0 Å². The van der Waals surface area contributed by atoms with Crippen LogP contribution in [0.1, 0.15) is 8.22 Å². The number of nitrogens with zero attached hydrogens (tertiary/aromatic N) is 4. The number of fused-ring (bicyclic) bond motifs is 6. The molecule has 0 unspecified atom stereocenters. The van der Waals surface area contributed by atoms with Crippen LogP contribution in [0.4, 0.5) is 0 Å². The van der Waals surface area contributed by atoms with Crippen molar-refractivity contribution in [1.82, 2.24) is 19.5 Å². The largest absolute Gasteiger partial charge is 0.455 e. The summed E-state index contributed by atoms with van der Waals surface area (Å²) in [5.41, 5.74) is 7.47. The van der Waals surface area contributed by atoms with Crippen molar-refractivity contribution in [3.05, 3.63) is 194 Å². The molecule has 0 amide bonds. The Labute approximate surface area is 331 Å². The van der Waals surface area contributed by atoms with Crippen LogP contribution in [0.2, 0.25) is 0 Å². The average Bonchev–Trinajstić information content (AvgIpc) is 3.88. The van der Waals surface area contributed by atoms with Crippen LogP contribution in [0.15, 0.2) is 198 Å². The van der Waals surface area contributed by atoms with Crippen LogP contribution < -0.4 is 0 Å². The van der Waals surface area contributed by atoms with Crippen molar-refractivity contribution in [2.45, 2.75) is 0 Å². The summed E-state index contributed by atoms with van der Waals surface area (Å²) in [4.78, 5) is 14.9. The molecule has 8 aromatic carbocycles. The predicted octanol–water partition coefficient (Wildman–Crippen LogP) is 13.2. The predicted molar refractivity (Wildman–Crippen MR) is 229 cm³/mol. The van der Waals surface area contributed by atoms with E-state index in [9.17, 15) is 2.74 Å². The monoisotopic (exact) mass is 722 g/mol. The minimum absolute atomic E-state index is 0.0142. The quantitative estimate of drug-likeness (QED) is 0.171. The third-order valence-corrected chi connectivity index (χ3v) is 10.2. The van der Waals surface area contributed by atoms with Gasteiger partial charge >= 0.3 is 0 Å². The van der Waals surface area contributed by atoms with Crippen molar-refractivity contribution < 1.29 is 12.6 Å². The minimum atomic E-state index is -0.376. The molecule has 11 aromatic rings. The second kappa shape index (κ2) is 13.0. The van der Waals surface area contributed by atoms with Gasteiger partial charge in [0.1, 0.15) is 11.2 Å². The molecule has 0 fully saturated rings. The Hall–Kier alpha value is -7.63. The van der Waals surface area contributed by atoms with E-state index in [2.05, 4.69) is 47.0 Å². The first-order valence-corrected chi connectivity index (χ1v) is 18.3. The Bertz CT molecular complexity index is 3530. The zero-order valence-electron chi connectivity index (χ0n) is 35.7. The van der Waals surface area contributed by atoms with E-state index >= 15 is 0 Å². The van der Waals surface area contributed by atoms with Gasteiger partial charge in [-0.3, -0.25) is 0 Å². The van der Waals surface area contributed by atoms with E-state index in [1.165, 1.54) is 6.07 Å². The molecule has 0 radical (unpaired) electrons. The van der Waals surface area contributed by atoms with Gasteiger partial charge in [0.2, 0.25) is 0 Å². The Morgan fingerprint density at radius 1 is 0.411 bits per heavy atom. The molecule has 0 spiro atoms. The lowest BCUT2D eigenvalue weighted by molar-refractivity contribution is 0.670. The van der Waals surface area contributed by atoms with Crippen molar-refractivity contribution in [3.8, 4) is 62.1 Å². The highest BCUT2D eigenvalue weighted by molar-refractivity contribution is 6.13. The lowest BCUT2D eigenvalue weighted by Crippen LogP contribution is -2.02. The molecule has 56 heavy (non-hydrogen) atoms. The topological polar surface area (TPSA) is 56.7 Å². The second-order valence-electron chi connectivity index (χ2n) is 13.5. The molecule has 5 heteroatoms. The molecule has 0 saturated heterocycles. The van der Waals surface area contributed by atoms with Gasteiger partial charge in [-0.25, -0.2) is 15.0 Å². The minimum Gasteiger partial charge on any atom is -0.455 e. The van der Waals surface area contributed by atoms with Crippen molar-refractivity contribution >= 4 is 43.7 Å². The highest BCUT2D eigenvalue weighted by Gasteiger charge is 2.21. The number of aromatic nitrogens is 4. The van der Waals surface area contributed by atoms with E-state index in [1.807, 2.05) is 109 Å². The smallest absolute Gasteiger partial charge is 0.164 e. The zero-order chi connectivity index (χ0) is 42.2. The lowest BCUT2D eigenvalue weighted by Gasteiger charge is -2.17. The van der Waals surface area contributed by atoms with Gasteiger partial charge in [0, 0.05) is 49.4 Å². The fourth-order valence-corrected chi connectivity index (χ4v) is 7.61. The highest BCUT2D eigenvalue weighted by Crippen LogP contribution is 2.43. The number of hydrogen-bond acceptors (Lipinski definition) is 4. The van der Waals surface area contributed by atoms with Gasteiger partial charge in [0.05, 0.1) is 24.9 Å². The zero-order valence-corrected chi connectivity index (χ0v) is 29.7. The van der Waals surface area contributed by atoms with E-state index in [0.717, 1.165) is 44.1 Å². The third-order valence-electron chi connectivity index (χ3n) is 10.2. The van der Waals surface area contributed by atoms with Crippen LogP contribution in [0.25, 0.3) is 106 Å². The Morgan fingerprint density at radius 3 is 1.75 bits per heavy atom. The number of benzene rings is 8. The number of rotatable bonds is 6. The van der Waals surface area contributed by atoms with Gasteiger partial charge in [0.25, 0.3) is 0 Å². The fraction of sp³-hybridized carbons (Fsp3) is 0. The first kappa shape index (κ1) is 26.2. The maximum Gasteiger partial charge on any atom is 0.164 e.